The second-order valence-electron chi connectivity index (χ2n) is 5.11. The molecule has 0 radical (unpaired) electrons. The molecule has 130 valence electrons. The van der Waals surface area contributed by atoms with Gasteiger partial charge in [-0.3, -0.25) is 4.79 Å². The monoisotopic (exact) mass is 485 g/mol. The number of aryl methyl sites for hydroxylation is 1. The molecule has 2 aromatic carbocycles. The zero-order chi connectivity index (χ0) is 18.4. The van der Waals surface area contributed by atoms with E-state index in [-0.39, 0.29) is 0 Å². The number of carbonyl (C=O) groups is 2. The van der Waals surface area contributed by atoms with Gasteiger partial charge in [0.15, 0.2) is 6.61 Å². The smallest absolute Gasteiger partial charge is 0.331 e. The van der Waals surface area contributed by atoms with E-state index in [4.69, 9.17) is 16.3 Å². The van der Waals surface area contributed by atoms with Crippen LogP contribution >= 0.6 is 43.5 Å². The molecule has 0 aliphatic carbocycles. The number of amides is 1. The molecule has 4 nitrogen and oxygen atoms in total. The van der Waals surface area contributed by atoms with Gasteiger partial charge in [0, 0.05) is 20.0 Å². The van der Waals surface area contributed by atoms with Crippen molar-refractivity contribution in [2.24, 2.45) is 0 Å². The van der Waals surface area contributed by atoms with Crippen LogP contribution in [0.4, 0.5) is 5.69 Å². The van der Waals surface area contributed by atoms with Gasteiger partial charge >= 0.3 is 5.97 Å². The Bertz CT molecular complexity index is 814. The van der Waals surface area contributed by atoms with Crippen molar-refractivity contribution >= 4 is 67.1 Å². The Kier molecular flexibility index (Phi) is 7.23. The van der Waals surface area contributed by atoms with Crippen molar-refractivity contribution in [2.45, 2.75) is 6.92 Å². The van der Waals surface area contributed by atoms with E-state index in [1.807, 2.05) is 25.1 Å². The number of hydrogen-bond acceptors (Lipinski definition) is 3. The summed E-state index contributed by atoms with van der Waals surface area (Å²) in [5.41, 5.74) is 2.31. The number of benzene rings is 2. The van der Waals surface area contributed by atoms with E-state index < -0.39 is 18.5 Å². The molecule has 1 amide bonds. The topological polar surface area (TPSA) is 55.4 Å². The standard InChI is InChI=1S/C18H14Br2ClNO3/c1-11-8-13(19)18(14(20)9-11)22-16(23)10-25-17(24)7-6-12-4-2-3-5-15(12)21/h2-9H,10H2,1H3,(H,22,23)/b7-6+. The van der Waals surface area contributed by atoms with Crippen LogP contribution in [0.1, 0.15) is 11.1 Å². The summed E-state index contributed by atoms with van der Waals surface area (Å²) >= 11 is 12.8. The van der Waals surface area contributed by atoms with Crippen molar-refractivity contribution in [1.82, 2.24) is 0 Å². The van der Waals surface area contributed by atoms with Crippen LogP contribution in [-0.4, -0.2) is 18.5 Å². The maximum Gasteiger partial charge on any atom is 0.331 e. The number of halogens is 3. The van der Waals surface area contributed by atoms with Crippen LogP contribution in [0.5, 0.6) is 0 Å². The van der Waals surface area contributed by atoms with E-state index >= 15 is 0 Å². The molecule has 0 fully saturated rings. The summed E-state index contributed by atoms with van der Waals surface area (Å²) in [6.07, 6.45) is 2.77. The predicted octanol–water partition coefficient (Wildman–Crippen LogP) is 5.37. The first kappa shape index (κ1) is 19.7. The van der Waals surface area contributed by atoms with E-state index in [1.54, 1.807) is 18.2 Å². The minimum atomic E-state index is -0.628. The largest absolute Gasteiger partial charge is 0.452 e. The van der Waals surface area contributed by atoms with Crippen LogP contribution in [0, 0.1) is 6.92 Å². The molecule has 0 saturated heterocycles. The predicted molar refractivity (Wildman–Crippen MR) is 107 cm³/mol. The average molecular weight is 488 g/mol. The summed E-state index contributed by atoms with van der Waals surface area (Å²) in [6.45, 7) is 1.55. The van der Waals surface area contributed by atoms with Crippen molar-refractivity contribution in [1.29, 1.82) is 0 Å². The lowest BCUT2D eigenvalue weighted by Gasteiger charge is -2.10. The number of hydrogen-bond donors (Lipinski definition) is 1. The fourth-order valence-corrected chi connectivity index (χ4v) is 3.76. The number of ether oxygens (including phenoxy) is 1. The molecule has 0 bridgehead atoms. The van der Waals surface area contributed by atoms with E-state index in [9.17, 15) is 9.59 Å². The highest BCUT2D eigenvalue weighted by molar-refractivity contribution is 9.11. The summed E-state index contributed by atoms with van der Waals surface area (Å²) in [6, 6.07) is 10.8. The minimum absolute atomic E-state index is 0.390. The fraction of sp³-hybridized carbons (Fsp3) is 0.111. The Morgan fingerprint density at radius 1 is 1.20 bits per heavy atom. The van der Waals surface area contributed by atoms with Crippen LogP contribution in [0.3, 0.4) is 0 Å². The molecule has 2 rings (SSSR count). The van der Waals surface area contributed by atoms with Gasteiger partial charge in [-0.2, -0.15) is 0 Å². The fourth-order valence-electron chi connectivity index (χ4n) is 1.95. The Balaban J connectivity index is 1.90. The van der Waals surface area contributed by atoms with Gasteiger partial charge in [0.1, 0.15) is 0 Å². The molecule has 0 aliphatic heterocycles. The lowest BCUT2D eigenvalue weighted by molar-refractivity contribution is -0.142. The zero-order valence-corrected chi connectivity index (χ0v) is 17.1. The van der Waals surface area contributed by atoms with Crippen molar-refractivity contribution < 1.29 is 14.3 Å². The first-order valence-electron chi connectivity index (χ1n) is 7.21. The number of anilines is 1. The maximum atomic E-state index is 12.0. The quantitative estimate of drug-likeness (QED) is 0.456. The van der Waals surface area contributed by atoms with Crippen molar-refractivity contribution in [3.8, 4) is 0 Å². The minimum Gasteiger partial charge on any atom is -0.452 e. The van der Waals surface area contributed by atoms with Gasteiger partial charge in [-0.15, -0.1) is 0 Å². The Labute approximate surface area is 167 Å². The van der Waals surface area contributed by atoms with E-state index in [0.29, 0.717) is 16.3 Å². The summed E-state index contributed by atoms with van der Waals surface area (Å²) in [7, 11) is 0. The van der Waals surface area contributed by atoms with Gasteiger partial charge in [-0.25, -0.2) is 4.79 Å². The number of esters is 1. The molecule has 0 saturated carbocycles. The highest BCUT2D eigenvalue weighted by Crippen LogP contribution is 2.32. The highest BCUT2D eigenvalue weighted by atomic mass is 79.9. The molecule has 0 spiro atoms. The number of rotatable bonds is 5. The molecule has 0 atom stereocenters. The van der Waals surface area contributed by atoms with Crippen LogP contribution in [-0.2, 0) is 14.3 Å². The van der Waals surface area contributed by atoms with Gasteiger partial charge < -0.3 is 10.1 Å². The third-order valence-electron chi connectivity index (χ3n) is 3.10. The van der Waals surface area contributed by atoms with E-state index in [1.165, 1.54) is 12.2 Å². The Hall–Kier alpha value is -1.63. The summed E-state index contributed by atoms with van der Waals surface area (Å²) in [5, 5.41) is 3.22. The number of carbonyl (C=O) groups excluding carboxylic acids is 2. The Morgan fingerprint density at radius 2 is 1.84 bits per heavy atom. The normalized spacial score (nSPS) is 10.7. The molecule has 1 N–H and O–H groups in total. The van der Waals surface area contributed by atoms with Crippen LogP contribution in [0.25, 0.3) is 6.08 Å². The van der Waals surface area contributed by atoms with Gasteiger partial charge in [0.05, 0.1) is 5.69 Å². The SMILES string of the molecule is Cc1cc(Br)c(NC(=O)COC(=O)/C=C/c2ccccc2Cl)c(Br)c1. The second kappa shape index (κ2) is 9.17. The molecule has 2 aromatic rings. The zero-order valence-electron chi connectivity index (χ0n) is 13.2. The molecule has 0 aromatic heterocycles. The van der Waals surface area contributed by atoms with Crippen molar-refractivity contribution in [3.05, 3.63) is 67.6 Å². The van der Waals surface area contributed by atoms with Crippen molar-refractivity contribution in [2.75, 3.05) is 11.9 Å². The summed E-state index contributed by atoms with van der Waals surface area (Å²) in [4.78, 5) is 23.7. The average Bonchev–Trinajstić information content (AvgIpc) is 2.55. The van der Waals surface area contributed by atoms with Crippen LogP contribution in [0.2, 0.25) is 5.02 Å². The van der Waals surface area contributed by atoms with Gasteiger partial charge in [0.25, 0.3) is 5.91 Å². The van der Waals surface area contributed by atoms with Gasteiger partial charge in [-0.1, -0.05) is 29.8 Å². The lowest BCUT2D eigenvalue weighted by atomic mass is 10.2. The maximum absolute atomic E-state index is 12.0. The molecule has 0 unspecified atom stereocenters. The van der Waals surface area contributed by atoms with Crippen LogP contribution < -0.4 is 5.32 Å². The first-order valence-corrected chi connectivity index (χ1v) is 9.18. The highest BCUT2D eigenvalue weighted by Gasteiger charge is 2.11. The summed E-state index contributed by atoms with van der Waals surface area (Å²) in [5.74, 6) is -1.07. The first-order chi connectivity index (χ1) is 11.9. The lowest BCUT2D eigenvalue weighted by Crippen LogP contribution is -2.20. The molecule has 7 heteroatoms. The van der Waals surface area contributed by atoms with Crippen LogP contribution in [0.15, 0.2) is 51.4 Å². The molecular weight excluding hydrogens is 473 g/mol. The third kappa shape index (κ3) is 5.99. The van der Waals surface area contributed by atoms with E-state index in [0.717, 1.165) is 14.5 Å². The molecule has 0 aliphatic rings. The van der Waals surface area contributed by atoms with Gasteiger partial charge in [-0.05, 0) is 74.2 Å². The summed E-state index contributed by atoms with van der Waals surface area (Å²) < 4.78 is 6.40. The third-order valence-corrected chi connectivity index (χ3v) is 4.70. The molecular formula is C18H14Br2ClNO3. The van der Waals surface area contributed by atoms with E-state index in [2.05, 4.69) is 37.2 Å². The number of nitrogens with one attached hydrogen (secondary N) is 1. The second-order valence-corrected chi connectivity index (χ2v) is 7.23. The molecule has 0 heterocycles. The van der Waals surface area contributed by atoms with Gasteiger partial charge in [0.2, 0.25) is 0 Å². The Morgan fingerprint density at radius 3 is 2.48 bits per heavy atom. The molecule has 25 heavy (non-hydrogen) atoms. The van der Waals surface area contributed by atoms with Crippen molar-refractivity contribution in [3.63, 3.8) is 0 Å².